The lowest BCUT2D eigenvalue weighted by Gasteiger charge is -2.43. The van der Waals surface area contributed by atoms with Crippen molar-refractivity contribution in [2.45, 2.75) is 71.8 Å². The fourth-order valence-electron chi connectivity index (χ4n) is 4.26. The molecule has 0 radical (unpaired) electrons. The molecule has 1 amide bonds. The molecule has 1 saturated heterocycles. The third-order valence-corrected chi connectivity index (χ3v) is 7.77. The van der Waals surface area contributed by atoms with Crippen LogP contribution in [0.4, 0.5) is 0 Å². The van der Waals surface area contributed by atoms with Crippen molar-refractivity contribution in [2.24, 2.45) is 11.3 Å². The second-order valence-corrected chi connectivity index (χ2v) is 8.98. The molecule has 27 heavy (non-hydrogen) atoms. The Labute approximate surface area is 167 Å². The van der Waals surface area contributed by atoms with E-state index < -0.39 is 18.0 Å². The maximum atomic E-state index is 12.1. The summed E-state index contributed by atoms with van der Waals surface area (Å²) in [6.45, 7) is 13.8. The van der Waals surface area contributed by atoms with Crippen molar-refractivity contribution < 1.29 is 19.8 Å². The predicted molar refractivity (Wildman–Crippen MR) is 108 cm³/mol. The van der Waals surface area contributed by atoms with Crippen LogP contribution < -0.4 is 0 Å². The van der Waals surface area contributed by atoms with Crippen LogP contribution in [0.1, 0.15) is 60.3 Å². The third-order valence-electron chi connectivity index (χ3n) is 6.10. The number of thioether (sulfide) groups is 1. The summed E-state index contributed by atoms with van der Waals surface area (Å²) in [7, 11) is 0. The molecular formula is C20H34N2O4S. The van der Waals surface area contributed by atoms with Gasteiger partial charge in [0.05, 0.1) is 12.0 Å². The molecule has 0 unspecified atom stereocenters. The van der Waals surface area contributed by atoms with Crippen LogP contribution >= 0.6 is 11.8 Å². The van der Waals surface area contributed by atoms with Crippen molar-refractivity contribution in [1.82, 2.24) is 9.80 Å². The fourth-order valence-corrected chi connectivity index (χ4v) is 6.09. The van der Waals surface area contributed by atoms with E-state index in [1.807, 2.05) is 0 Å². The average Bonchev–Trinajstić information content (AvgIpc) is 3.19. The zero-order valence-electron chi connectivity index (χ0n) is 17.2. The van der Waals surface area contributed by atoms with Gasteiger partial charge in [0.15, 0.2) is 0 Å². The number of nitrogens with zero attached hydrogens (tertiary/aromatic N) is 2. The number of carbonyl (C=O) groups excluding carboxylic acids is 1. The van der Waals surface area contributed by atoms with E-state index in [4.69, 9.17) is 0 Å². The first-order valence-corrected chi connectivity index (χ1v) is 11.0. The molecule has 2 fully saturated rings. The van der Waals surface area contributed by atoms with Crippen LogP contribution in [0, 0.1) is 11.3 Å². The van der Waals surface area contributed by atoms with Gasteiger partial charge in [0.1, 0.15) is 11.1 Å². The van der Waals surface area contributed by atoms with Crippen molar-refractivity contribution >= 4 is 23.6 Å². The van der Waals surface area contributed by atoms with Gasteiger partial charge in [0.25, 0.3) is 0 Å². The van der Waals surface area contributed by atoms with Crippen molar-refractivity contribution in [3.8, 4) is 0 Å². The first-order valence-electron chi connectivity index (χ1n) is 10.1. The highest BCUT2D eigenvalue weighted by Crippen LogP contribution is 2.59. The third kappa shape index (κ3) is 4.20. The van der Waals surface area contributed by atoms with Gasteiger partial charge in [-0.15, -0.1) is 11.8 Å². The maximum absolute atomic E-state index is 12.1. The van der Waals surface area contributed by atoms with E-state index in [1.54, 1.807) is 6.92 Å². The van der Waals surface area contributed by atoms with Gasteiger partial charge in [-0.05, 0) is 39.4 Å². The van der Waals surface area contributed by atoms with Gasteiger partial charge in [0.2, 0.25) is 5.91 Å². The number of hydrogen-bond donors (Lipinski definition) is 2. The molecule has 3 rings (SSSR count). The summed E-state index contributed by atoms with van der Waals surface area (Å²) in [6, 6.07) is 0. The Hall–Kier alpha value is -1.05. The quantitative estimate of drug-likeness (QED) is 0.669. The van der Waals surface area contributed by atoms with Crippen molar-refractivity contribution in [1.29, 1.82) is 0 Å². The number of aliphatic hydroxyl groups is 1. The van der Waals surface area contributed by atoms with Crippen LogP contribution in [-0.4, -0.2) is 63.0 Å². The number of amides is 1. The molecule has 0 aromatic heterocycles. The average molecular weight is 399 g/mol. The molecule has 1 saturated carbocycles. The summed E-state index contributed by atoms with van der Waals surface area (Å²) in [6.07, 6.45) is 3.42. The Morgan fingerprint density at radius 1 is 1.26 bits per heavy atom. The zero-order chi connectivity index (χ0) is 20.4. The molecule has 3 atom stereocenters. The molecule has 6 nitrogen and oxygen atoms in total. The van der Waals surface area contributed by atoms with E-state index in [9.17, 15) is 19.8 Å². The predicted octanol–water partition coefficient (Wildman–Crippen LogP) is 3.12. The van der Waals surface area contributed by atoms with Crippen LogP contribution in [0.2, 0.25) is 0 Å². The molecule has 2 aliphatic heterocycles. The van der Waals surface area contributed by atoms with E-state index in [-0.39, 0.29) is 22.4 Å². The number of fused-ring (bicyclic) bond motifs is 1. The highest BCUT2D eigenvalue weighted by Gasteiger charge is 2.59. The number of carboxylic acids is 1. The lowest BCUT2D eigenvalue weighted by molar-refractivity contribution is -0.156. The normalized spacial score (nSPS) is 27.2. The number of β-lactam (4-membered cyclic amide) rings is 1. The van der Waals surface area contributed by atoms with Crippen molar-refractivity contribution in [3.05, 3.63) is 10.6 Å². The van der Waals surface area contributed by atoms with Crippen LogP contribution in [0.5, 0.6) is 0 Å². The minimum atomic E-state index is -1.03. The monoisotopic (exact) mass is 398 g/mol. The van der Waals surface area contributed by atoms with Gasteiger partial charge in [-0.2, -0.15) is 0 Å². The number of aliphatic hydroxyl groups excluding tert-OH is 1. The molecule has 2 heterocycles. The SMILES string of the molecule is CCN(CC)CC.C[C@@H](O)[C@H]1C(=O)N2C(C(=O)O)=C(C3(C)CCCC3)S[C@H]12. The van der Waals surface area contributed by atoms with Crippen LogP contribution in [-0.2, 0) is 9.59 Å². The minimum absolute atomic E-state index is 0.126. The van der Waals surface area contributed by atoms with E-state index in [2.05, 4.69) is 32.6 Å². The summed E-state index contributed by atoms with van der Waals surface area (Å²) < 4.78 is 0. The number of rotatable bonds is 6. The van der Waals surface area contributed by atoms with Gasteiger partial charge in [-0.1, -0.05) is 40.5 Å². The number of carbonyl (C=O) groups is 2. The second-order valence-electron chi connectivity index (χ2n) is 7.85. The van der Waals surface area contributed by atoms with Gasteiger partial charge in [-0.25, -0.2) is 4.79 Å². The summed E-state index contributed by atoms with van der Waals surface area (Å²) in [5, 5.41) is 19.0. The molecule has 3 aliphatic rings. The molecule has 0 aromatic carbocycles. The van der Waals surface area contributed by atoms with Gasteiger partial charge in [-0.3, -0.25) is 9.69 Å². The maximum Gasteiger partial charge on any atom is 0.353 e. The van der Waals surface area contributed by atoms with Gasteiger partial charge < -0.3 is 15.1 Å². The summed E-state index contributed by atoms with van der Waals surface area (Å²) in [5.41, 5.74) is 0.0329. The molecule has 154 valence electrons. The summed E-state index contributed by atoms with van der Waals surface area (Å²) in [5.74, 6) is -1.76. The highest BCUT2D eigenvalue weighted by molar-refractivity contribution is 8.04. The molecule has 1 aliphatic carbocycles. The highest BCUT2D eigenvalue weighted by atomic mass is 32.2. The topological polar surface area (TPSA) is 81.1 Å². The molecule has 0 spiro atoms. The van der Waals surface area contributed by atoms with E-state index in [1.165, 1.54) is 36.3 Å². The van der Waals surface area contributed by atoms with E-state index >= 15 is 0 Å². The summed E-state index contributed by atoms with van der Waals surface area (Å²) >= 11 is 1.48. The standard InChI is InChI=1S/C14H19NO4S.C6H15N/c1-7(16)8-11(17)15-9(13(18)19)10(20-12(8)15)14(2)5-3-4-6-14;1-4-7(5-2)6-3/h7-8,12,16H,3-6H2,1-2H3,(H,18,19);4-6H2,1-3H3/t7-,8+,12-;/m1./s1. The number of allylic oxidation sites excluding steroid dienone is 1. The fraction of sp³-hybridized carbons (Fsp3) is 0.800. The van der Waals surface area contributed by atoms with Crippen LogP contribution in [0.15, 0.2) is 10.6 Å². The number of carboxylic acid groups (broad SMARTS) is 1. The van der Waals surface area contributed by atoms with Gasteiger partial charge >= 0.3 is 5.97 Å². The van der Waals surface area contributed by atoms with E-state index in [0.29, 0.717) is 0 Å². The number of aliphatic carboxylic acids is 1. The first-order chi connectivity index (χ1) is 12.7. The Kier molecular flexibility index (Phi) is 7.39. The Morgan fingerprint density at radius 3 is 2.15 bits per heavy atom. The number of hydrogen-bond acceptors (Lipinski definition) is 5. The zero-order valence-corrected chi connectivity index (χ0v) is 18.0. The lowest BCUT2D eigenvalue weighted by atomic mass is 9.86. The van der Waals surface area contributed by atoms with E-state index in [0.717, 1.165) is 30.6 Å². The summed E-state index contributed by atoms with van der Waals surface area (Å²) in [4.78, 5) is 28.3. The Bertz CT molecular complexity index is 589. The molecular weight excluding hydrogens is 364 g/mol. The Morgan fingerprint density at radius 2 is 1.78 bits per heavy atom. The molecule has 0 aromatic rings. The minimum Gasteiger partial charge on any atom is -0.477 e. The van der Waals surface area contributed by atoms with Crippen LogP contribution in [0.3, 0.4) is 0 Å². The Balaban J connectivity index is 0.000000321. The van der Waals surface area contributed by atoms with Crippen LogP contribution in [0.25, 0.3) is 0 Å². The molecule has 0 bridgehead atoms. The first kappa shape index (κ1) is 22.2. The second kappa shape index (κ2) is 8.97. The van der Waals surface area contributed by atoms with Gasteiger partial charge in [0, 0.05) is 10.3 Å². The smallest absolute Gasteiger partial charge is 0.353 e. The largest absolute Gasteiger partial charge is 0.477 e. The van der Waals surface area contributed by atoms with Crippen molar-refractivity contribution in [2.75, 3.05) is 19.6 Å². The lowest BCUT2D eigenvalue weighted by Crippen LogP contribution is -2.60. The van der Waals surface area contributed by atoms with Crippen molar-refractivity contribution in [3.63, 3.8) is 0 Å². The molecule has 2 N–H and O–H groups in total. The molecule has 7 heteroatoms.